The van der Waals surface area contributed by atoms with Crippen LogP contribution in [0.4, 0.5) is 0 Å². The van der Waals surface area contributed by atoms with Crippen LogP contribution < -0.4 is 11.3 Å². The highest BCUT2D eigenvalue weighted by Gasteiger charge is 1.97. The minimum atomic E-state index is -0.0587. The number of nitrogens with two attached hydrogens (primary N) is 1. The van der Waals surface area contributed by atoms with Gasteiger partial charge in [0.15, 0.2) is 0 Å². The lowest BCUT2D eigenvalue weighted by Gasteiger charge is -2.01. The fourth-order valence-electron chi connectivity index (χ4n) is 1.14. The van der Waals surface area contributed by atoms with Crippen molar-refractivity contribution in [2.45, 2.75) is 45.4 Å². The maximum absolute atomic E-state index is 10.7. The summed E-state index contributed by atoms with van der Waals surface area (Å²) in [4.78, 5) is 10.7. The molecular weight excluding hydrogens is 196 g/mol. The molecule has 4 heteroatoms. The van der Waals surface area contributed by atoms with Crippen LogP contribution in [0.15, 0.2) is 0 Å². The van der Waals surface area contributed by atoms with Crippen molar-refractivity contribution >= 4 is 17.7 Å². The van der Waals surface area contributed by atoms with Crippen molar-refractivity contribution in [2.24, 2.45) is 5.84 Å². The average molecular weight is 218 g/mol. The topological polar surface area (TPSA) is 55.1 Å². The molecule has 84 valence electrons. The van der Waals surface area contributed by atoms with Crippen molar-refractivity contribution in [3.63, 3.8) is 0 Å². The monoisotopic (exact) mass is 218 g/mol. The van der Waals surface area contributed by atoms with Crippen LogP contribution in [-0.4, -0.2) is 17.4 Å². The van der Waals surface area contributed by atoms with Crippen LogP contribution in [0.2, 0.25) is 0 Å². The Hall–Kier alpha value is -0.220. The zero-order valence-corrected chi connectivity index (χ0v) is 9.87. The molecule has 0 aromatic carbocycles. The first kappa shape index (κ1) is 13.8. The fourth-order valence-corrected chi connectivity index (χ4v) is 2.10. The van der Waals surface area contributed by atoms with Gasteiger partial charge in [-0.1, -0.05) is 26.2 Å². The lowest BCUT2D eigenvalue weighted by molar-refractivity contribution is -0.121. The maximum atomic E-state index is 10.7. The number of unbranched alkanes of at least 4 members (excludes halogenated alkanes) is 3. The van der Waals surface area contributed by atoms with Gasteiger partial charge >= 0.3 is 0 Å². The number of amides is 1. The van der Waals surface area contributed by atoms with Crippen LogP contribution in [0, 0.1) is 0 Å². The zero-order chi connectivity index (χ0) is 10.6. The van der Waals surface area contributed by atoms with Gasteiger partial charge in [-0.3, -0.25) is 10.2 Å². The third-order valence-electron chi connectivity index (χ3n) is 2.00. The number of rotatable bonds is 9. The first-order valence-corrected chi connectivity index (χ1v) is 6.54. The summed E-state index contributed by atoms with van der Waals surface area (Å²) in [6, 6.07) is 0. The smallest absolute Gasteiger partial charge is 0.233 e. The summed E-state index contributed by atoms with van der Waals surface area (Å²) >= 11 is 1.94. The molecule has 0 bridgehead atoms. The Morgan fingerprint density at radius 2 is 1.93 bits per heavy atom. The first-order valence-electron chi connectivity index (χ1n) is 5.38. The minimum absolute atomic E-state index is 0.0587. The van der Waals surface area contributed by atoms with Gasteiger partial charge in [-0.05, 0) is 24.3 Å². The molecule has 1 amide bonds. The molecule has 3 N–H and O–H groups in total. The molecule has 0 saturated carbocycles. The highest BCUT2D eigenvalue weighted by molar-refractivity contribution is 7.99. The SMILES string of the molecule is CCCCCCSCCCC(=O)NN. The lowest BCUT2D eigenvalue weighted by Crippen LogP contribution is -2.29. The predicted octanol–water partition coefficient (Wildman–Crippen LogP) is 2.07. The van der Waals surface area contributed by atoms with E-state index in [1.807, 2.05) is 11.8 Å². The standard InChI is InChI=1S/C10H22N2OS/c1-2-3-4-5-8-14-9-6-7-10(13)12-11/h2-9,11H2,1H3,(H,12,13). The molecule has 0 fully saturated rings. The van der Waals surface area contributed by atoms with Crippen molar-refractivity contribution in [2.75, 3.05) is 11.5 Å². The van der Waals surface area contributed by atoms with Gasteiger partial charge in [-0.25, -0.2) is 5.84 Å². The molecule has 0 aromatic rings. The van der Waals surface area contributed by atoms with Crippen molar-refractivity contribution in [3.05, 3.63) is 0 Å². The van der Waals surface area contributed by atoms with Crippen LogP contribution in [-0.2, 0) is 4.79 Å². The third-order valence-corrected chi connectivity index (χ3v) is 3.15. The second-order valence-electron chi connectivity index (χ2n) is 3.34. The fraction of sp³-hybridized carbons (Fsp3) is 0.900. The van der Waals surface area contributed by atoms with Crippen molar-refractivity contribution in [3.8, 4) is 0 Å². The molecule has 0 aliphatic rings. The summed E-state index contributed by atoms with van der Waals surface area (Å²) in [6.45, 7) is 2.22. The first-order chi connectivity index (χ1) is 6.81. The van der Waals surface area contributed by atoms with Gasteiger partial charge in [0.25, 0.3) is 0 Å². The Kier molecular flexibility index (Phi) is 10.7. The third kappa shape index (κ3) is 9.86. The number of thioether (sulfide) groups is 1. The van der Waals surface area contributed by atoms with E-state index in [-0.39, 0.29) is 5.91 Å². The largest absolute Gasteiger partial charge is 0.294 e. The van der Waals surface area contributed by atoms with Crippen LogP contribution >= 0.6 is 11.8 Å². The number of hydrogen-bond donors (Lipinski definition) is 2. The van der Waals surface area contributed by atoms with Gasteiger partial charge in [0.1, 0.15) is 0 Å². The van der Waals surface area contributed by atoms with Crippen LogP contribution in [0.5, 0.6) is 0 Å². The van der Waals surface area contributed by atoms with E-state index in [0.29, 0.717) is 6.42 Å². The Balaban J connectivity index is 2.95. The Morgan fingerprint density at radius 3 is 2.57 bits per heavy atom. The summed E-state index contributed by atoms with van der Waals surface area (Å²) in [5.41, 5.74) is 2.14. The van der Waals surface area contributed by atoms with E-state index in [1.165, 1.54) is 31.4 Å². The molecule has 0 rings (SSSR count). The molecule has 0 radical (unpaired) electrons. The summed E-state index contributed by atoms with van der Waals surface area (Å²) in [5.74, 6) is 7.20. The summed E-state index contributed by atoms with van der Waals surface area (Å²) in [7, 11) is 0. The van der Waals surface area contributed by atoms with E-state index in [9.17, 15) is 4.79 Å². The molecule has 0 atom stereocenters. The second kappa shape index (κ2) is 10.9. The Labute approximate surface area is 91.2 Å². The van der Waals surface area contributed by atoms with Crippen LogP contribution in [0.25, 0.3) is 0 Å². The molecule has 3 nitrogen and oxygen atoms in total. The number of hydrogen-bond acceptors (Lipinski definition) is 3. The number of hydrazine groups is 1. The van der Waals surface area contributed by atoms with Crippen molar-refractivity contribution in [1.29, 1.82) is 0 Å². The van der Waals surface area contributed by atoms with Gasteiger partial charge in [0.05, 0.1) is 0 Å². The van der Waals surface area contributed by atoms with E-state index in [2.05, 4.69) is 12.3 Å². The molecule has 0 unspecified atom stereocenters. The summed E-state index contributed by atoms with van der Waals surface area (Å²) < 4.78 is 0. The molecule has 0 spiro atoms. The number of carbonyl (C=O) groups excluding carboxylic acids is 1. The van der Waals surface area contributed by atoms with Gasteiger partial charge in [0, 0.05) is 6.42 Å². The summed E-state index contributed by atoms with van der Waals surface area (Å²) in [6.07, 6.45) is 6.77. The minimum Gasteiger partial charge on any atom is -0.294 e. The molecule has 14 heavy (non-hydrogen) atoms. The van der Waals surface area contributed by atoms with E-state index in [0.717, 1.165) is 12.2 Å². The van der Waals surface area contributed by atoms with Crippen LogP contribution in [0.3, 0.4) is 0 Å². The quantitative estimate of drug-likeness (QED) is 0.269. The van der Waals surface area contributed by atoms with E-state index >= 15 is 0 Å². The van der Waals surface area contributed by atoms with Crippen molar-refractivity contribution < 1.29 is 4.79 Å². The second-order valence-corrected chi connectivity index (χ2v) is 4.57. The molecule has 0 aliphatic carbocycles. The van der Waals surface area contributed by atoms with Gasteiger partial charge < -0.3 is 0 Å². The molecule has 0 aromatic heterocycles. The van der Waals surface area contributed by atoms with Gasteiger partial charge in [0.2, 0.25) is 5.91 Å². The maximum Gasteiger partial charge on any atom is 0.233 e. The van der Waals surface area contributed by atoms with Crippen LogP contribution in [0.1, 0.15) is 45.4 Å². The zero-order valence-electron chi connectivity index (χ0n) is 9.05. The Bertz CT molecular complexity index is 142. The van der Waals surface area contributed by atoms with E-state index in [4.69, 9.17) is 5.84 Å². The van der Waals surface area contributed by atoms with Gasteiger partial charge in [-0.15, -0.1) is 0 Å². The highest BCUT2D eigenvalue weighted by Crippen LogP contribution is 2.09. The average Bonchev–Trinajstić information content (AvgIpc) is 2.21. The highest BCUT2D eigenvalue weighted by atomic mass is 32.2. The van der Waals surface area contributed by atoms with Crippen molar-refractivity contribution in [1.82, 2.24) is 5.43 Å². The van der Waals surface area contributed by atoms with E-state index < -0.39 is 0 Å². The van der Waals surface area contributed by atoms with E-state index in [1.54, 1.807) is 0 Å². The number of carbonyl (C=O) groups is 1. The normalized spacial score (nSPS) is 10.1. The molecule has 0 saturated heterocycles. The summed E-state index contributed by atoms with van der Waals surface area (Å²) in [5, 5.41) is 0. The Morgan fingerprint density at radius 1 is 1.21 bits per heavy atom. The number of nitrogens with one attached hydrogen (secondary N) is 1. The molecular formula is C10H22N2OS. The predicted molar refractivity (Wildman–Crippen MR) is 63.0 cm³/mol. The molecule has 0 aliphatic heterocycles. The molecule has 0 heterocycles. The van der Waals surface area contributed by atoms with Gasteiger partial charge in [-0.2, -0.15) is 11.8 Å². The lowest BCUT2D eigenvalue weighted by atomic mass is 10.2.